The van der Waals surface area contributed by atoms with Crippen LogP contribution in [0.3, 0.4) is 0 Å². The minimum atomic E-state index is -0.613. The van der Waals surface area contributed by atoms with Gasteiger partial charge in [-0.1, -0.05) is 0 Å². The van der Waals surface area contributed by atoms with Gasteiger partial charge in [-0.15, -0.1) is 0 Å². The van der Waals surface area contributed by atoms with E-state index in [1.54, 1.807) is 12.4 Å². The van der Waals surface area contributed by atoms with Gasteiger partial charge >= 0.3 is 5.88 Å². The van der Waals surface area contributed by atoms with Crippen LogP contribution >= 0.6 is 0 Å². The lowest BCUT2D eigenvalue weighted by Crippen LogP contribution is -2.35. The van der Waals surface area contributed by atoms with Gasteiger partial charge in [0.1, 0.15) is 17.1 Å². The number of morpholine rings is 1. The van der Waals surface area contributed by atoms with Crippen molar-refractivity contribution in [2.45, 2.75) is 0 Å². The number of hydrogen-bond acceptors (Lipinski definition) is 8. The molecule has 0 saturated carbocycles. The fourth-order valence-electron chi connectivity index (χ4n) is 1.96. The molecule has 3 heterocycles. The molecule has 0 aromatic carbocycles. The highest BCUT2D eigenvalue weighted by Crippen LogP contribution is 2.23. The van der Waals surface area contributed by atoms with E-state index in [9.17, 15) is 10.1 Å². The van der Waals surface area contributed by atoms with Crippen molar-refractivity contribution in [2.75, 3.05) is 31.7 Å². The first-order chi connectivity index (χ1) is 11.2. The van der Waals surface area contributed by atoms with Gasteiger partial charge in [0, 0.05) is 25.4 Å². The molecule has 1 saturated heterocycles. The maximum Gasteiger partial charge on any atom is 0.433 e. The number of aromatic nitrogens is 2. The van der Waals surface area contributed by atoms with E-state index < -0.39 is 4.92 Å². The summed E-state index contributed by atoms with van der Waals surface area (Å²) in [5.41, 5.74) is 2.79. The number of nitro groups is 1. The molecule has 0 atom stereocenters. The fraction of sp³-hybridized carbons (Fsp3) is 0.308. The third kappa shape index (κ3) is 3.80. The molecule has 0 radical (unpaired) electrons. The van der Waals surface area contributed by atoms with E-state index in [1.165, 1.54) is 18.3 Å². The molecule has 23 heavy (non-hydrogen) atoms. The van der Waals surface area contributed by atoms with Gasteiger partial charge in [0.05, 0.1) is 19.3 Å². The van der Waals surface area contributed by atoms with Crippen LogP contribution in [-0.2, 0) is 4.74 Å². The number of furan rings is 1. The molecule has 1 fully saturated rings. The predicted molar refractivity (Wildman–Crippen MR) is 80.9 cm³/mol. The zero-order valence-corrected chi connectivity index (χ0v) is 12.1. The quantitative estimate of drug-likeness (QED) is 0.379. The zero-order valence-electron chi connectivity index (χ0n) is 12.1. The van der Waals surface area contributed by atoms with E-state index in [4.69, 9.17) is 9.15 Å². The topological polar surface area (TPSA) is 119 Å². The molecule has 10 nitrogen and oxygen atoms in total. The van der Waals surface area contributed by atoms with Crippen LogP contribution < -0.4 is 5.43 Å². The van der Waals surface area contributed by atoms with Crippen LogP contribution in [0.5, 0.6) is 0 Å². The SMILES string of the molecule is O=[N+]([O-])c1ccc(-c2nccc(NN=CN3CCOCC3)n2)o1. The number of nitrogens with one attached hydrogen (secondary N) is 1. The van der Waals surface area contributed by atoms with Crippen molar-refractivity contribution in [2.24, 2.45) is 5.10 Å². The molecule has 0 bridgehead atoms. The van der Waals surface area contributed by atoms with E-state index in [0.717, 1.165) is 13.1 Å². The number of nitrogens with zero attached hydrogens (tertiary/aromatic N) is 5. The molecule has 0 unspecified atom stereocenters. The Morgan fingerprint density at radius 1 is 1.35 bits per heavy atom. The first-order valence-electron chi connectivity index (χ1n) is 6.91. The van der Waals surface area contributed by atoms with Crippen molar-refractivity contribution in [3.05, 3.63) is 34.5 Å². The number of anilines is 1. The number of hydrogen-bond donors (Lipinski definition) is 1. The molecular weight excluding hydrogens is 304 g/mol. The second-order valence-electron chi connectivity index (χ2n) is 4.67. The Bertz CT molecular complexity index is 710. The zero-order chi connectivity index (χ0) is 16.1. The van der Waals surface area contributed by atoms with E-state index >= 15 is 0 Å². The van der Waals surface area contributed by atoms with Crippen molar-refractivity contribution in [3.8, 4) is 11.6 Å². The Morgan fingerprint density at radius 2 is 2.17 bits per heavy atom. The summed E-state index contributed by atoms with van der Waals surface area (Å²) in [4.78, 5) is 20.3. The van der Waals surface area contributed by atoms with Crippen molar-refractivity contribution < 1.29 is 14.1 Å². The Hall–Kier alpha value is -3.01. The second kappa shape index (κ2) is 6.83. The van der Waals surface area contributed by atoms with Crippen LogP contribution in [0.4, 0.5) is 11.7 Å². The first kappa shape index (κ1) is 14.9. The highest BCUT2D eigenvalue weighted by Gasteiger charge is 2.15. The third-order valence-electron chi connectivity index (χ3n) is 3.09. The van der Waals surface area contributed by atoms with Gasteiger partial charge in [-0.3, -0.25) is 15.5 Å². The molecule has 1 N–H and O–H groups in total. The summed E-state index contributed by atoms with van der Waals surface area (Å²) in [6, 6.07) is 4.35. The lowest BCUT2D eigenvalue weighted by atomic mass is 10.4. The third-order valence-corrected chi connectivity index (χ3v) is 3.09. The van der Waals surface area contributed by atoms with Crippen molar-refractivity contribution in [1.29, 1.82) is 0 Å². The van der Waals surface area contributed by atoms with Gasteiger partial charge in [0.25, 0.3) is 0 Å². The Kier molecular flexibility index (Phi) is 4.43. The summed E-state index contributed by atoms with van der Waals surface area (Å²) >= 11 is 0. The van der Waals surface area contributed by atoms with Crippen LogP contribution in [0.25, 0.3) is 11.6 Å². The molecule has 0 aliphatic carbocycles. The van der Waals surface area contributed by atoms with Gasteiger partial charge in [-0.2, -0.15) is 5.10 Å². The Labute approximate surface area is 130 Å². The summed E-state index contributed by atoms with van der Waals surface area (Å²) in [5.74, 6) is 0.563. The Balaban J connectivity index is 1.66. The van der Waals surface area contributed by atoms with E-state index in [-0.39, 0.29) is 17.5 Å². The number of hydrazone groups is 1. The highest BCUT2D eigenvalue weighted by atomic mass is 16.6. The lowest BCUT2D eigenvalue weighted by molar-refractivity contribution is -0.401. The number of rotatable bonds is 5. The summed E-state index contributed by atoms with van der Waals surface area (Å²) < 4.78 is 10.3. The van der Waals surface area contributed by atoms with Gasteiger partial charge < -0.3 is 14.1 Å². The Morgan fingerprint density at radius 3 is 2.91 bits per heavy atom. The summed E-state index contributed by atoms with van der Waals surface area (Å²) in [5, 5.41) is 14.7. The summed E-state index contributed by atoms with van der Waals surface area (Å²) in [6.45, 7) is 2.94. The van der Waals surface area contributed by atoms with E-state index in [2.05, 4.69) is 20.5 Å². The molecule has 120 valence electrons. The monoisotopic (exact) mass is 318 g/mol. The molecule has 0 spiro atoms. The lowest BCUT2D eigenvalue weighted by Gasteiger charge is -2.23. The maximum absolute atomic E-state index is 10.6. The molecule has 2 aromatic heterocycles. The molecule has 0 amide bonds. The normalized spacial score (nSPS) is 15.0. The van der Waals surface area contributed by atoms with Gasteiger partial charge in [0.2, 0.25) is 0 Å². The summed E-state index contributed by atoms with van der Waals surface area (Å²) in [6.07, 6.45) is 3.20. The predicted octanol–water partition coefficient (Wildman–Crippen LogP) is 1.33. The molecule has 3 rings (SSSR count). The van der Waals surface area contributed by atoms with Crippen LogP contribution in [0.1, 0.15) is 0 Å². The van der Waals surface area contributed by atoms with Crippen molar-refractivity contribution >= 4 is 18.0 Å². The molecule has 1 aliphatic rings. The molecular formula is C13H14N6O4. The van der Waals surface area contributed by atoms with Crippen molar-refractivity contribution in [3.63, 3.8) is 0 Å². The first-order valence-corrected chi connectivity index (χ1v) is 6.91. The van der Waals surface area contributed by atoms with Crippen LogP contribution in [0.15, 0.2) is 33.9 Å². The average molecular weight is 318 g/mol. The van der Waals surface area contributed by atoms with Crippen LogP contribution in [0.2, 0.25) is 0 Å². The minimum absolute atomic E-state index is 0.220. The van der Waals surface area contributed by atoms with Crippen LogP contribution in [-0.4, -0.2) is 52.4 Å². The maximum atomic E-state index is 10.6. The van der Waals surface area contributed by atoms with E-state index in [0.29, 0.717) is 19.0 Å². The standard InChI is InChI=1S/C13H14N6O4/c20-19(21)12-2-1-10(23-12)13-14-4-3-11(16-13)17-15-9-18-5-7-22-8-6-18/h1-4,9H,5-8H2,(H,14,16,17). The molecule has 1 aliphatic heterocycles. The molecule has 2 aromatic rings. The highest BCUT2D eigenvalue weighted by molar-refractivity contribution is 5.57. The smallest absolute Gasteiger partial charge is 0.397 e. The van der Waals surface area contributed by atoms with Crippen LogP contribution in [0, 0.1) is 10.1 Å². The fourth-order valence-corrected chi connectivity index (χ4v) is 1.96. The number of ether oxygens (including phenoxy) is 1. The van der Waals surface area contributed by atoms with Crippen molar-refractivity contribution in [1.82, 2.24) is 14.9 Å². The van der Waals surface area contributed by atoms with Gasteiger partial charge in [-0.05, 0) is 6.07 Å². The van der Waals surface area contributed by atoms with E-state index in [1.807, 2.05) is 4.90 Å². The van der Waals surface area contributed by atoms with Gasteiger partial charge in [-0.25, -0.2) is 9.97 Å². The minimum Gasteiger partial charge on any atom is -0.397 e. The summed E-state index contributed by atoms with van der Waals surface area (Å²) in [7, 11) is 0. The largest absolute Gasteiger partial charge is 0.433 e. The average Bonchev–Trinajstić information content (AvgIpc) is 3.07. The van der Waals surface area contributed by atoms with Gasteiger partial charge in [0.15, 0.2) is 11.6 Å². The molecule has 10 heteroatoms. The second-order valence-corrected chi connectivity index (χ2v) is 4.67.